The number of hydrogen-bond donors (Lipinski definition) is 1. The van der Waals surface area contributed by atoms with Crippen LogP contribution >= 0.6 is 0 Å². The van der Waals surface area contributed by atoms with Crippen LogP contribution in [0.3, 0.4) is 0 Å². The van der Waals surface area contributed by atoms with E-state index in [2.05, 4.69) is 6.92 Å². The summed E-state index contributed by atoms with van der Waals surface area (Å²) < 4.78 is 5.19. The zero-order valence-corrected chi connectivity index (χ0v) is 12.9. The Labute approximate surface area is 128 Å². The molecule has 0 bridgehead atoms. The fraction of sp³-hybridized carbons (Fsp3) is 0.444. The summed E-state index contributed by atoms with van der Waals surface area (Å²) in [6, 6.07) is 9.43. The zero-order chi connectivity index (χ0) is 15.6. The molecule has 3 heteroatoms. The molecule has 2 atom stereocenters. The molecule has 1 rings (SSSR count). The van der Waals surface area contributed by atoms with Crippen LogP contribution in [0.4, 0.5) is 0 Å². The molecule has 0 unspecified atom stereocenters. The molecular weight excluding hydrogens is 264 g/mol. The van der Waals surface area contributed by atoms with Crippen molar-refractivity contribution in [2.45, 2.75) is 51.2 Å². The molecule has 1 N–H and O–H groups in total. The minimum Gasteiger partial charge on any atom is -0.461 e. The lowest BCUT2D eigenvalue weighted by Gasteiger charge is -2.27. The first-order valence-electron chi connectivity index (χ1n) is 7.48. The third-order valence-electron chi connectivity index (χ3n) is 3.48. The van der Waals surface area contributed by atoms with Gasteiger partial charge in [0.05, 0.1) is 6.10 Å². The van der Waals surface area contributed by atoms with E-state index in [4.69, 9.17) is 4.74 Å². The highest BCUT2D eigenvalue weighted by atomic mass is 16.5. The highest BCUT2D eigenvalue weighted by molar-refractivity contribution is 5.39. The molecule has 0 fully saturated rings. The molecule has 0 heterocycles. The van der Waals surface area contributed by atoms with E-state index < -0.39 is 11.7 Å². The molecule has 1 aromatic carbocycles. The first-order valence-corrected chi connectivity index (χ1v) is 7.48. The number of carbonyl (C=O) groups excluding carboxylic acids is 1. The molecule has 1 aromatic rings. The average Bonchev–Trinajstić information content (AvgIpc) is 2.48. The van der Waals surface area contributed by atoms with Gasteiger partial charge in [-0.2, -0.15) is 0 Å². The van der Waals surface area contributed by atoms with Gasteiger partial charge in [-0.05, 0) is 38.2 Å². The third-order valence-corrected chi connectivity index (χ3v) is 3.48. The lowest BCUT2D eigenvalue weighted by Crippen LogP contribution is -2.29. The van der Waals surface area contributed by atoms with Crippen LogP contribution in [0.15, 0.2) is 30.3 Å². The smallest absolute Gasteiger partial charge is 0.293 e. The molecule has 0 saturated carbocycles. The molecule has 0 amide bonds. The SMILES string of the molecule is CCCCC[C@](C)([CH][CH][CH][C@@H](O)c1ccccc1)OC=O. The van der Waals surface area contributed by atoms with Crippen molar-refractivity contribution in [2.75, 3.05) is 0 Å². The van der Waals surface area contributed by atoms with Crippen LogP contribution in [0.5, 0.6) is 0 Å². The molecule has 3 nitrogen and oxygen atoms in total. The summed E-state index contributed by atoms with van der Waals surface area (Å²) in [6.45, 7) is 4.51. The van der Waals surface area contributed by atoms with Crippen LogP contribution < -0.4 is 0 Å². The monoisotopic (exact) mass is 289 g/mol. The van der Waals surface area contributed by atoms with Gasteiger partial charge in [0.15, 0.2) is 0 Å². The van der Waals surface area contributed by atoms with Crippen molar-refractivity contribution in [1.82, 2.24) is 0 Å². The Kier molecular flexibility index (Phi) is 8.06. The van der Waals surface area contributed by atoms with Gasteiger partial charge < -0.3 is 9.84 Å². The minimum atomic E-state index is -0.654. The fourth-order valence-corrected chi connectivity index (χ4v) is 2.14. The topological polar surface area (TPSA) is 46.5 Å². The molecule has 0 aromatic heterocycles. The van der Waals surface area contributed by atoms with Crippen molar-refractivity contribution >= 4 is 6.47 Å². The Balaban J connectivity index is 2.40. The van der Waals surface area contributed by atoms with Crippen LogP contribution in [0.2, 0.25) is 0 Å². The molecular formula is C18H25O3. The van der Waals surface area contributed by atoms with Gasteiger partial charge in [0.25, 0.3) is 6.47 Å². The first-order chi connectivity index (χ1) is 10.1. The van der Waals surface area contributed by atoms with Gasteiger partial charge in [-0.25, -0.2) is 0 Å². The van der Waals surface area contributed by atoms with Gasteiger partial charge in [-0.3, -0.25) is 4.79 Å². The highest BCUT2D eigenvalue weighted by Crippen LogP contribution is 2.26. The molecule has 0 spiro atoms. The van der Waals surface area contributed by atoms with Crippen molar-refractivity contribution < 1.29 is 14.6 Å². The summed E-state index contributed by atoms with van der Waals surface area (Å²) in [7, 11) is 0. The van der Waals surface area contributed by atoms with Crippen LogP contribution in [0.1, 0.15) is 51.2 Å². The predicted octanol–water partition coefficient (Wildman–Crippen LogP) is 3.84. The van der Waals surface area contributed by atoms with E-state index in [1.807, 2.05) is 43.7 Å². The summed E-state index contributed by atoms with van der Waals surface area (Å²) in [6.07, 6.45) is 8.68. The maximum atomic E-state index is 10.7. The summed E-state index contributed by atoms with van der Waals surface area (Å²) >= 11 is 0. The van der Waals surface area contributed by atoms with Crippen LogP contribution in [0, 0.1) is 19.3 Å². The highest BCUT2D eigenvalue weighted by Gasteiger charge is 2.25. The second-order valence-electron chi connectivity index (χ2n) is 5.39. The van der Waals surface area contributed by atoms with Gasteiger partial charge >= 0.3 is 0 Å². The summed E-state index contributed by atoms with van der Waals surface area (Å²) in [5.74, 6) is 0. The number of aliphatic hydroxyl groups is 1. The number of carbonyl (C=O) groups is 1. The Morgan fingerprint density at radius 2 is 2.00 bits per heavy atom. The Hall–Kier alpha value is -1.35. The largest absolute Gasteiger partial charge is 0.461 e. The Morgan fingerprint density at radius 1 is 1.29 bits per heavy atom. The summed E-state index contributed by atoms with van der Waals surface area (Å²) in [5, 5.41) is 10.0. The fourth-order valence-electron chi connectivity index (χ4n) is 2.14. The van der Waals surface area contributed by atoms with Gasteiger partial charge in [0.2, 0.25) is 0 Å². The quantitative estimate of drug-likeness (QED) is 0.497. The van der Waals surface area contributed by atoms with Crippen LogP contribution in [-0.4, -0.2) is 17.2 Å². The van der Waals surface area contributed by atoms with E-state index in [0.717, 1.165) is 31.2 Å². The van der Waals surface area contributed by atoms with Crippen LogP contribution in [0.25, 0.3) is 0 Å². The lowest BCUT2D eigenvalue weighted by atomic mass is 9.91. The van der Waals surface area contributed by atoms with E-state index in [-0.39, 0.29) is 0 Å². The maximum Gasteiger partial charge on any atom is 0.293 e. The summed E-state index contributed by atoms with van der Waals surface area (Å²) in [5.41, 5.74) is 0.232. The van der Waals surface area contributed by atoms with E-state index >= 15 is 0 Å². The van der Waals surface area contributed by atoms with Crippen LogP contribution in [-0.2, 0) is 9.53 Å². The lowest BCUT2D eigenvalue weighted by molar-refractivity contribution is -0.139. The predicted molar refractivity (Wildman–Crippen MR) is 84.0 cm³/mol. The standard InChI is InChI=1S/C18H25O3/c1-3-4-8-13-18(2,21-15-19)14-9-12-17(20)16-10-6-5-7-11-16/h5-7,9-12,14-15,17,20H,3-4,8,13H2,1-2H3/t17-,18-/m1/s1. The third kappa shape index (κ3) is 6.76. The van der Waals surface area contributed by atoms with Gasteiger partial charge in [-0.1, -0.05) is 50.1 Å². The first kappa shape index (κ1) is 17.7. The van der Waals surface area contributed by atoms with Gasteiger partial charge in [0, 0.05) is 6.42 Å². The van der Waals surface area contributed by atoms with Crippen molar-refractivity contribution in [3.63, 3.8) is 0 Å². The molecule has 21 heavy (non-hydrogen) atoms. The van der Waals surface area contributed by atoms with Gasteiger partial charge in [-0.15, -0.1) is 0 Å². The van der Waals surface area contributed by atoms with Crippen molar-refractivity contribution in [2.24, 2.45) is 0 Å². The van der Waals surface area contributed by atoms with Crippen molar-refractivity contribution in [3.8, 4) is 0 Å². The van der Waals surface area contributed by atoms with E-state index in [1.165, 1.54) is 0 Å². The van der Waals surface area contributed by atoms with Crippen molar-refractivity contribution in [3.05, 3.63) is 55.2 Å². The summed E-state index contributed by atoms with van der Waals surface area (Å²) in [4.78, 5) is 10.7. The minimum absolute atomic E-state index is 0.490. The van der Waals surface area contributed by atoms with E-state index in [9.17, 15) is 9.90 Å². The average molecular weight is 289 g/mol. The number of ether oxygens (including phenoxy) is 1. The van der Waals surface area contributed by atoms with E-state index in [0.29, 0.717) is 6.47 Å². The normalized spacial score (nSPS) is 15.2. The molecule has 115 valence electrons. The maximum absolute atomic E-state index is 10.7. The van der Waals surface area contributed by atoms with Gasteiger partial charge in [0.1, 0.15) is 5.60 Å². The number of benzene rings is 1. The zero-order valence-electron chi connectivity index (χ0n) is 12.9. The second-order valence-corrected chi connectivity index (χ2v) is 5.39. The number of hydrogen-bond acceptors (Lipinski definition) is 3. The second kappa shape index (κ2) is 9.56. The molecule has 0 aliphatic heterocycles. The van der Waals surface area contributed by atoms with E-state index in [1.54, 1.807) is 12.8 Å². The molecule has 0 saturated heterocycles. The Morgan fingerprint density at radius 3 is 2.62 bits per heavy atom. The number of aliphatic hydroxyl groups excluding tert-OH is 1. The Bertz CT molecular complexity index is 391. The molecule has 3 radical (unpaired) electrons. The molecule has 0 aliphatic carbocycles. The number of rotatable bonds is 11. The van der Waals surface area contributed by atoms with Crippen molar-refractivity contribution in [1.29, 1.82) is 0 Å². The number of unbranched alkanes of at least 4 members (excludes halogenated alkanes) is 2. The molecule has 0 aliphatic rings.